The van der Waals surface area contributed by atoms with E-state index in [0.717, 1.165) is 10.1 Å². The Hall–Kier alpha value is -1.95. The van der Waals surface area contributed by atoms with Crippen LogP contribution in [-0.4, -0.2) is 14.7 Å². The monoisotopic (exact) mass is 282 g/mol. The Bertz CT molecular complexity index is 540. The maximum atomic E-state index is 12.6. The van der Waals surface area contributed by atoms with Gasteiger partial charge in [-0.25, -0.2) is 4.98 Å². The van der Waals surface area contributed by atoms with Gasteiger partial charge in [-0.2, -0.15) is 8.78 Å². The molecule has 0 saturated carbocycles. The van der Waals surface area contributed by atoms with Crippen molar-refractivity contribution in [2.45, 2.75) is 32.6 Å². The minimum absolute atomic E-state index is 0.0347. The van der Waals surface area contributed by atoms with Crippen molar-refractivity contribution >= 4 is 0 Å². The molecule has 108 valence electrons. The van der Waals surface area contributed by atoms with E-state index in [1.807, 2.05) is 6.92 Å². The molecule has 1 heterocycles. The molecule has 0 amide bonds. The lowest BCUT2D eigenvalue weighted by Gasteiger charge is -2.11. The number of halogens is 2. The fourth-order valence-corrected chi connectivity index (χ4v) is 1.80. The van der Waals surface area contributed by atoms with Gasteiger partial charge in [0.05, 0.1) is 6.10 Å². The second-order valence-corrected chi connectivity index (χ2v) is 4.31. The van der Waals surface area contributed by atoms with Crippen molar-refractivity contribution in [3.8, 4) is 5.75 Å². The summed E-state index contributed by atoms with van der Waals surface area (Å²) < 4.78 is 31.4. The second-order valence-electron chi connectivity index (χ2n) is 4.31. The first-order valence-electron chi connectivity index (χ1n) is 6.32. The molecule has 1 aromatic carbocycles. The van der Waals surface area contributed by atoms with Crippen molar-refractivity contribution in [3.05, 3.63) is 48.0 Å². The summed E-state index contributed by atoms with van der Waals surface area (Å²) in [7, 11) is 0. The van der Waals surface area contributed by atoms with Gasteiger partial charge in [0.25, 0.3) is 0 Å². The molecule has 2 aromatic rings. The minimum Gasteiger partial charge on any atom is -0.486 e. The largest absolute Gasteiger partial charge is 0.486 e. The summed E-state index contributed by atoms with van der Waals surface area (Å²) in [5.74, 6) is 0.707. The number of nitrogens with zero attached hydrogens (tertiary/aromatic N) is 2. The van der Waals surface area contributed by atoms with E-state index >= 15 is 0 Å². The van der Waals surface area contributed by atoms with E-state index in [1.54, 1.807) is 24.3 Å². The molecular weight excluding hydrogens is 266 g/mol. The smallest absolute Gasteiger partial charge is 0.320 e. The Morgan fingerprint density at radius 1 is 1.30 bits per heavy atom. The lowest BCUT2D eigenvalue weighted by atomic mass is 10.1. The molecule has 0 spiro atoms. The first-order chi connectivity index (χ1) is 9.61. The van der Waals surface area contributed by atoms with E-state index in [4.69, 9.17) is 4.74 Å². The maximum absolute atomic E-state index is 12.6. The van der Waals surface area contributed by atoms with E-state index in [9.17, 15) is 13.9 Å². The molecule has 0 aliphatic rings. The van der Waals surface area contributed by atoms with Crippen LogP contribution in [0.3, 0.4) is 0 Å². The van der Waals surface area contributed by atoms with Crippen molar-refractivity contribution in [2.24, 2.45) is 0 Å². The molecule has 0 aliphatic carbocycles. The van der Waals surface area contributed by atoms with Crippen LogP contribution in [0.5, 0.6) is 5.75 Å². The standard InChI is InChI=1S/C14H16F2N2O2/c1-2-12(19)10-3-5-11(6-4-10)20-9-13-17-7-8-18(13)14(15)16/h3-8,12,14,19H,2,9H2,1H3/t12-/m0/s1. The number of ether oxygens (including phenoxy) is 1. The third-order valence-corrected chi connectivity index (χ3v) is 2.98. The topological polar surface area (TPSA) is 47.3 Å². The summed E-state index contributed by atoms with van der Waals surface area (Å²) >= 11 is 0. The Labute approximate surface area is 115 Å². The van der Waals surface area contributed by atoms with Crippen LogP contribution in [0, 0.1) is 0 Å². The van der Waals surface area contributed by atoms with Gasteiger partial charge in [0.1, 0.15) is 12.4 Å². The molecule has 0 aliphatic heterocycles. The van der Waals surface area contributed by atoms with E-state index in [-0.39, 0.29) is 12.4 Å². The van der Waals surface area contributed by atoms with Gasteiger partial charge in [-0.15, -0.1) is 0 Å². The number of imidazole rings is 1. The van der Waals surface area contributed by atoms with Crippen molar-refractivity contribution < 1.29 is 18.6 Å². The summed E-state index contributed by atoms with van der Waals surface area (Å²) in [5.41, 5.74) is 0.800. The molecule has 2 rings (SSSR count). The van der Waals surface area contributed by atoms with Crippen LogP contribution in [0.25, 0.3) is 0 Å². The normalized spacial score (nSPS) is 12.7. The third kappa shape index (κ3) is 3.33. The molecule has 6 heteroatoms. The zero-order valence-electron chi connectivity index (χ0n) is 11.0. The van der Waals surface area contributed by atoms with Crippen molar-refractivity contribution in [1.82, 2.24) is 9.55 Å². The zero-order valence-corrected chi connectivity index (χ0v) is 11.0. The lowest BCUT2D eigenvalue weighted by Crippen LogP contribution is -2.07. The van der Waals surface area contributed by atoms with Crippen LogP contribution in [0.15, 0.2) is 36.7 Å². The summed E-state index contributed by atoms with van der Waals surface area (Å²) in [6, 6.07) is 6.90. The number of rotatable bonds is 6. The van der Waals surface area contributed by atoms with Crippen molar-refractivity contribution in [1.29, 1.82) is 0 Å². The van der Waals surface area contributed by atoms with Gasteiger partial charge < -0.3 is 9.84 Å². The zero-order chi connectivity index (χ0) is 14.5. The third-order valence-electron chi connectivity index (χ3n) is 2.98. The first kappa shape index (κ1) is 14.5. The van der Waals surface area contributed by atoms with E-state index in [2.05, 4.69) is 4.98 Å². The second kappa shape index (κ2) is 6.47. The molecular formula is C14H16F2N2O2. The van der Waals surface area contributed by atoms with Crippen LogP contribution in [-0.2, 0) is 6.61 Å². The predicted octanol–water partition coefficient (Wildman–Crippen LogP) is 3.30. The number of aliphatic hydroxyl groups is 1. The highest BCUT2D eigenvalue weighted by atomic mass is 19.3. The molecule has 4 nitrogen and oxygen atoms in total. The summed E-state index contributed by atoms with van der Waals surface area (Å²) in [4.78, 5) is 3.83. The Morgan fingerprint density at radius 2 is 2.00 bits per heavy atom. The molecule has 0 fully saturated rings. The van der Waals surface area contributed by atoms with Crippen LogP contribution in [0.4, 0.5) is 8.78 Å². The Kier molecular flexibility index (Phi) is 4.68. The Balaban J connectivity index is 1.99. The van der Waals surface area contributed by atoms with Gasteiger partial charge in [-0.05, 0) is 24.1 Å². The summed E-state index contributed by atoms with van der Waals surface area (Å²) in [5, 5.41) is 9.66. The number of hydrogen-bond donors (Lipinski definition) is 1. The fourth-order valence-electron chi connectivity index (χ4n) is 1.80. The average molecular weight is 282 g/mol. The highest BCUT2D eigenvalue weighted by molar-refractivity contribution is 5.28. The van der Waals surface area contributed by atoms with Gasteiger partial charge in [0.2, 0.25) is 0 Å². The molecule has 0 unspecified atom stereocenters. The molecule has 0 saturated heterocycles. The number of hydrogen-bond acceptors (Lipinski definition) is 3. The van der Waals surface area contributed by atoms with Gasteiger partial charge in [0, 0.05) is 12.4 Å². The number of aliphatic hydroxyl groups excluding tert-OH is 1. The van der Waals surface area contributed by atoms with Crippen molar-refractivity contribution in [3.63, 3.8) is 0 Å². The quantitative estimate of drug-likeness (QED) is 0.884. The predicted molar refractivity (Wildman–Crippen MR) is 69.5 cm³/mol. The minimum atomic E-state index is -2.63. The van der Waals surface area contributed by atoms with E-state index in [0.29, 0.717) is 12.2 Å². The Morgan fingerprint density at radius 3 is 2.60 bits per heavy atom. The molecule has 1 aromatic heterocycles. The number of benzene rings is 1. The highest BCUT2D eigenvalue weighted by Crippen LogP contribution is 2.21. The number of aromatic nitrogens is 2. The highest BCUT2D eigenvalue weighted by Gasteiger charge is 2.11. The summed E-state index contributed by atoms with van der Waals surface area (Å²) in [6.07, 6.45) is 2.66. The first-order valence-corrected chi connectivity index (χ1v) is 6.32. The van der Waals surface area contributed by atoms with Crippen molar-refractivity contribution in [2.75, 3.05) is 0 Å². The molecule has 1 atom stereocenters. The van der Waals surface area contributed by atoms with E-state index in [1.165, 1.54) is 12.4 Å². The molecule has 0 bridgehead atoms. The molecule has 0 radical (unpaired) electrons. The fraction of sp³-hybridized carbons (Fsp3) is 0.357. The van der Waals surface area contributed by atoms with Crippen LogP contribution < -0.4 is 4.74 Å². The summed E-state index contributed by atoms with van der Waals surface area (Å²) in [6.45, 7) is -0.773. The van der Waals surface area contributed by atoms with Crippen LogP contribution in [0.1, 0.15) is 37.4 Å². The molecule has 20 heavy (non-hydrogen) atoms. The average Bonchev–Trinajstić information content (AvgIpc) is 2.93. The van der Waals surface area contributed by atoms with Crippen LogP contribution in [0.2, 0.25) is 0 Å². The molecule has 1 N–H and O–H groups in total. The van der Waals surface area contributed by atoms with Crippen LogP contribution >= 0.6 is 0 Å². The van der Waals surface area contributed by atoms with E-state index < -0.39 is 12.7 Å². The number of alkyl halides is 2. The lowest BCUT2D eigenvalue weighted by molar-refractivity contribution is 0.0632. The van der Waals surface area contributed by atoms with Gasteiger partial charge in [-0.1, -0.05) is 19.1 Å². The van der Waals surface area contributed by atoms with Gasteiger partial charge in [0.15, 0.2) is 5.82 Å². The SMILES string of the molecule is CC[C@H](O)c1ccc(OCc2nccn2C(F)F)cc1. The maximum Gasteiger partial charge on any atom is 0.320 e. The van der Waals surface area contributed by atoms with Gasteiger partial charge >= 0.3 is 6.55 Å². The van der Waals surface area contributed by atoms with Gasteiger partial charge in [-0.3, -0.25) is 4.57 Å².